The molecule has 0 aromatic carbocycles. The van der Waals surface area contributed by atoms with Crippen LogP contribution in [-0.4, -0.2) is 35.7 Å². The fourth-order valence-corrected chi connectivity index (χ4v) is 2.98. The van der Waals surface area contributed by atoms with Crippen molar-refractivity contribution in [2.24, 2.45) is 5.92 Å². The van der Waals surface area contributed by atoms with Crippen LogP contribution in [0.25, 0.3) is 0 Å². The number of carbonyl (C=O) groups is 1. The fraction of sp³-hybridized carbons (Fsp3) is 0.533. The second-order valence-corrected chi connectivity index (χ2v) is 6.22. The molecule has 1 aliphatic rings. The number of nitrogens with one attached hydrogen (secondary N) is 1. The lowest BCUT2D eigenvalue weighted by Gasteiger charge is -2.30. The van der Waals surface area contributed by atoms with E-state index in [0.29, 0.717) is 6.54 Å². The number of thiophene rings is 1. The van der Waals surface area contributed by atoms with Gasteiger partial charge in [0.1, 0.15) is 6.61 Å². The van der Waals surface area contributed by atoms with Crippen molar-refractivity contribution < 1.29 is 9.90 Å². The summed E-state index contributed by atoms with van der Waals surface area (Å²) in [6.07, 6.45) is 2.18. The summed E-state index contributed by atoms with van der Waals surface area (Å²) < 4.78 is 0. The summed E-state index contributed by atoms with van der Waals surface area (Å²) in [5, 5.41) is 11.6. The van der Waals surface area contributed by atoms with Gasteiger partial charge >= 0.3 is 6.03 Å². The summed E-state index contributed by atoms with van der Waals surface area (Å²) in [4.78, 5) is 15.9. The van der Waals surface area contributed by atoms with Crippen LogP contribution in [0.15, 0.2) is 12.1 Å². The molecule has 0 atom stereocenters. The molecule has 0 unspecified atom stereocenters. The van der Waals surface area contributed by atoms with Crippen molar-refractivity contribution in [3.05, 3.63) is 21.9 Å². The molecule has 4 nitrogen and oxygen atoms in total. The smallest absolute Gasteiger partial charge is 0.317 e. The number of aliphatic hydroxyl groups excluding tert-OH is 1. The summed E-state index contributed by atoms with van der Waals surface area (Å²) in [5.74, 6) is 6.21. The molecule has 2 heterocycles. The van der Waals surface area contributed by atoms with Gasteiger partial charge in [0.25, 0.3) is 0 Å². The van der Waals surface area contributed by atoms with E-state index in [9.17, 15) is 4.79 Å². The van der Waals surface area contributed by atoms with Gasteiger partial charge in [-0.3, -0.25) is 0 Å². The molecule has 1 saturated heterocycles. The molecule has 108 valence electrons. The van der Waals surface area contributed by atoms with E-state index in [0.717, 1.165) is 41.6 Å². The van der Waals surface area contributed by atoms with E-state index in [1.54, 1.807) is 11.3 Å². The third-order valence-corrected chi connectivity index (χ3v) is 4.44. The number of piperidine rings is 1. The summed E-state index contributed by atoms with van der Waals surface area (Å²) in [5.41, 5.74) is 0. The zero-order valence-corrected chi connectivity index (χ0v) is 12.5. The predicted octanol–water partition coefficient (Wildman–Crippen LogP) is 2.03. The minimum absolute atomic E-state index is 0.0216. The van der Waals surface area contributed by atoms with E-state index >= 15 is 0 Å². The van der Waals surface area contributed by atoms with Gasteiger partial charge in [-0.15, -0.1) is 11.3 Å². The van der Waals surface area contributed by atoms with E-state index in [1.165, 1.54) is 0 Å². The zero-order valence-electron chi connectivity index (χ0n) is 11.7. The Balaban J connectivity index is 1.79. The van der Waals surface area contributed by atoms with Crippen LogP contribution in [-0.2, 0) is 6.54 Å². The number of carbonyl (C=O) groups excluding carboxylic acids is 1. The highest BCUT2D eigenvalue weighted by atomic mass is 32.1. The standard InChI is InChI=1S/C15H20N2O2S/c1-12-6-8-17(9-7-12)15(19)16-11-14-5-4-13(20-14)3-2-10-18/h4-5,12,18H,6-11H2,1H3,(H,16,19). The van der Waals surface area contributed by atoms with Gasteiger partial charge in [-0.25, -0.2) is 4.79 Å². The maximum Gasteiger partial charge on any atom is 0.317 e. The van der Waals surface area contributed by atoms with Crippen LogP contribution < -0.4 is 5.32 Å². The lowest BCUT2D eigenvalue weighted by atomic mass is 10.00. The van der Waals surface area contributed by atoms with Crippen molar-refractivity contribution in [1.82, 2.24) is 10.2 Å². The Labute approximate surface area is 123 Å². The largest absolute Gasteiger partial charge is 0.384 e. The molecular weight excluding hydrogens is 272 g/mol. The maximum absolute atomic E-state index is 12.0. The van der Waals surface area contributed by atoms with Gasteiger partial charge in [-0.05, 0) is 30.9 Å². The quantitative estimate of drug-likeness (QED) is 0.820. The van der Waals surface area contributed by atoms with Crippen LogP contribution in [0.2, 0.25) is 0 Å². The molecule has 20 heavy (non-hydrogen) atoms. The summed E-state index contributed by atoms with van der Waals surface area (Å²) in [6, 6.07) is 3.90. The molecule has 1 aliphatic heterocycles. The third kappa shape index (κ3) is 4.26. The van der Waals surface area contributed by atoms with Crippen LogP contribution in [0.5, 0.6) is 0 Å². The average molecular weight is 292 g/mol. The minimum Gasteiger partial charge on any atom is -0.384 e. The average Bonchev–Trinajstić information content (AvgIpc) is 2.91. The van der Waals surface area contributed by atoms with Gasteiger partial charge in [0.05, 0.1) is 11.4 Å². The van der Waals surface area contributed by atoms with E-state index in [1.807, 2.05) is 17.0 Å². The Hall–Kier alpha value is -1.51. The Morgan fingerprint density at radius 1 is 1.50 bits per heavy atom. The van der Waals surface area contributed by atoms with Crippen LogP contribution in [0.1, 0.15) is 29.5 Å². The Kier molecular flexibility index (Phi) is 5.45. The minimum atomic E-state index is -0.128. The van der Waals surface area contributed by atoms with E-state index < -0.39 is 0 Å². The highest BCUT2D eigenvalue weighted by Gasteiger charge is 2.19. The highest BCUT2D eigenvalue weighted by molar-refractivity contribution is 7.12. The first-order valence-electron chi connectivity index (χ1n) is 6.90. The highest BCUT2D eigenvalue weighted by Crippen LogP contribution is 2.17. The number of likely N-dealkylation sites (tertiary alicyclic amines) is 1. The Morgan fingerprint density at radius 2 is 2.25 bits per heavy atom. The van der Waals surface area contributed by atoms with Gasteiger partial charge in [0.15, 0.2) is 0 Å². The molecule has 2 amide bonds. The number of hydrogen-bond acceptors (Lipinski definition) is 3. The van der Waals surface area contributed by atoms with Gasteiger partial charge in [0.2, 0.25) is 0 Å². The van der Waals surface area contributed by atoms with Gasteiger partial charge in [0, 0.05) is 18.0 Å². The van der Waals surface area contributed by atoms with E-state index in [2.05, 4.69) is 24.1 Å². The molecule has 2 N–H and O–H groups in total. The third-order valence-electron chi connectivity index (χ3n) is 3.44. The molecule has 5 heteroatoms. The molecule has 1 fully saturated rings. The van der Waals surface area contributed by atoms with Crippen molar-refractivity contribution in [3.63, 3.8) is 0 Å². The van der Waals surface area contributed by atoms with Crippen LogP contribution >= 0.6 is 11.3 Å². The molecule has 2 rings (SSSR count). The lowest BCUT2D eigenvalue weighted by Crippen LogP contribution is -2.43. The van der Waals surface area contributed by atoms with Gasteiger partial charge < -0.3 is 15.3 Å². The summed E-state index contributed by atoms with van der Waals surface area (Å²) in [6.45, 7) is 4.35. The normalized spacial score (nSPS) is 15.6. The first-order chi connectivity index (χ1) is 9.69. The first-order valence-corrected chi connectivity index (χ1v) is 7.72. The number of nitrogens with zero attached hydrogens (tertiary/aromatic N) is 1. The van der Waals surface area contributed by atoms with Crippen LogP contribution in [0, 0.1) is 17.8 Å². The summed E-state index contributed by atoms with van der Waals surface area (Å²) in [7, 11) is 0. The van der Waals surface area contributed by atoms with Gasteiger partial charge in [-0.1, -0.05) is 18.8 Å². The molecule has 1 aromatic rings. The second-order valence-electron chi connectivity index (χ2n) is 5.05. The van der Waals surface area contributed by atoms with Gasteiger partial charge in [-0.2, -0.15) is 0 Å². The topological polar surface area (TPSA) is 52.6 Å². The monoisotopic (exact) mass is 292 g/mol. The van der Waals surface area contributed by atoms with Crippen LogP contribution in [0.4, 0.5) is 4.79 Å². The number of amides is 2. The molecule has 0 spiro atoms. The second kappa shape index (κ2) is 7.32. The Morgan fingerprint density at radius 3 is 2.95 bits per heavy atom. The summed E-state index contributed by atoms with van der Waals surface area (Å²) >= 11 is 1.54. The van der Waals surface area contributed by atoms with E-state index in [4.69, 9.17) is 5.11 Å². The lowest BCUT2D eigenvalue weighted by molar-refractivity contribution is 0.173. The van der Waals surface area contributed by atoms with Crippen molar-refractivity contribution in [3.8, 4) is 11.8 Å². The molecule has 0 saturated carbocycles. The van der Waals surface area contributed by atoms with Crippen molar-refractivity contribution in [2.45, 2.75) is 26.3 Å². The molecule has 0 bridgehead atoms. The number of aliphatic hydroxyl groups is 1. The van der Waals surface area contributed by atoms with Crippen molar-refractivity contribution in [1.29, 1.82) is 0 Å². The molecule has 0 aliphatic carbocycles. The van der Waals surface area contributed by atoms with E-state index in [-0.39, 0.29) is 12.6 Å². The predicted molar refractivity (Wildman–Crippen MR) is 80.5 cm³/mol. The molecular formula is C15H20N2O2S. The number of rotatable bonds is 2. The first kappa shape index (κ1) is 14.9. The number of urea groups is 1. The molecule has 1 aromatic heterocycles. The maximum atomic E-state index is 12.0. The SMILES string of the molecule is CC1CCN(C(=O)NCc2ccc(C#CCO)s2)CC1. The fourth-order valence-electron chi connectivity index (χ4n) is 2.15. The molecule has 0 radical (unpaired) electrons. The van der Waals surface area contributed by atoms with Crippen molar-refractivity contribution in [2.75, 3.05) is 19.7 Å². The van der Waals surface area contributed by atoms with Crippen molar-refractivity contribution >= 4 is 17.4 Å². The van der Waals surface area contributed by atoms with Crippen LogP contribution in [0.3, 0.4) is 0 Å². The number of hydrogen-bond donors (Lipinski definition) is 2. The zero-order chi connectivity index (χ0) is 14.4. The Bertz CT molecular complexity index is 507.